The Bertz CT molecular complexity index is 782. The van der Waals surface area contributed by atoms with E-state index in [-0.39, 0.29) is 11.9 Å². The van der Waals surface area contributed by atoms with Crippen LogP contribution in [0, 0.1) is 13.8 Å². The van der Waals surface area contributed by atoms with Gasteiger partial charge in [0.05, 0.1) is 0 Å². The Balaban J connectivity index is 2.61. The van der Waals surface area contributed by atoms with Gasteiger partial charge in [-0.3, -0.25) is 0 Å². The van der Waals surface area contributed by atoms with Crippen LogP contribution >= 0.6 is 8.58 Å². The third kappa shape index (κ3) is 5.13. The van der Waals surface area contributed by atoms with Crippen molar-refractivity contribution in [1.29, 1.82) is 0 Å². The van der Waals surface area contributed by atoms with Crippen LogP contribution in [-0.2, 0) is 9.89 Å². The molecule has 0 amide bonds. The van der Waals surface area contributed by atoms with Gasteiger partial charge >= 0.3 is 0 Å². The lowest BCUT2D eigenvalue weighted by Gasteiger charge is -2.37. The quantitative estimate of drug-likeness (QED) is 0.324. The van der Waals surface area contributed by atoms with Crippen molar-refractivity contribution in [3.8, 4) is 5.75 Å². The molecule has 2 aromatic carbocycles. The molecule has 0 saturated heterocycles. The van der Waals surface area contributed by atoms with E-state index in [1.807, 2.05) is 0 Å². The highest BCUT2D eigenvalue weighted by atomic mass is 31.1. The van der Waals surface area contributed by atoms with E-state index >= 15 is 0 Å². The fourth-order valence-corrected chi connectivity index (χ4v) is 5.91. The number of hydrogen-bond acceptors (Lipinski definition) is 3. The van der Waals surface area contributed by atoms with Crippen LogP contribution in [0.2, 0.25) is 0 Å². The van der Waals surface area contributed by atoms with Crippen molar-refractivity contribution in [3.63, 3.8) is 0 Å². The highest BCUT2D eigenvalue weighted by Gasteiger charge is 2.34. The van der Waals surface area contributed by atoms with Crippen molar-refractivity contribution >= 4 is 19.6 Å². The number of anilines is 1. The smallest absolute Gasteiger partial charge is 0.188 e. The molecule has 0 radical (unpaired) electrons. The molecular formula is C25H38NO2P. The van der Waals surface area contributed by atoms with Crippen LogP contribution in [-0.4, -0.2) is 27.0 Å². The first-order chi connectivity index (χ1) is 14.0. The fourth-order valence-electron chi connectivity index (χ4n) is 4.10. The maximum absolute atomic E-state index is 6.09. The number of methoxy groups -OCH3 is 1. The van der Waals surface area contributed by atoms with Crippen molar-refractivity contribution in [2.24, 2.45) is 0 Å². The Labute approximate surface area is 179 Å². The van der Waals surface area contributed by atoms with Gasteiger partial charge in [0.1, 0.15) is 5.75 Å². The number of aryl methyl sites for hydroxylation is 2. The van der Waals surface area contributed by atoms with Crippen molar-refractivity contribution in [2.75, 3.05) is 31.9 Å². The van der Waals surface area contributed by atoms with E-state index in [2.05, 4.69) is 82.8 Å². The maximum atomic E-state index is 6.09. The Morgan fingerprint density at radius 3 is 2.10 bits per heavy atom. The zero-order valence-corrected chi connectivity index (χ0v) is 20.3. The second-order valence-electron chi connectivity index (χ2n) is 7.56. The average molecular weight is 416 g/mol. The Morgan fingerprint density at radius 1 is 0.897 bits per heavy atom. The summed E-state index contributed by atoms with van der Waals surface area (Å²) in [6.07, 6.45) is 2.14. The van der Waals surface area contributed by atoms with Crippen LogP contribution < -0.4 is 14.9 Å². The molecule has 0 saturated carbocycles. The lowest BCUT2D eigenvalue weighted by atomic mass is 9.90. The standard InChI is InChI=1S/C25H38NO2P/c1-8-25(9-2,21-16-12-14-19(5)23(21)28-18-27-7)29-24-20(6)15-13-17-22(24)26(10-3)11-4/h12-17,29H,8-11,18H2,1-7H3. The summed E-state index contributed by atoms with van der Waals surface area (Å²) in [7, 11) is 2.35. The van der Waals surface area contributed by atoms with Crippen molar-refractivity contribution in [2.45, 2.75) is 59.5 Å². The molecule has 2 rings (SSSR count). The molecule has 0 bridgehead atoms. The van der Waals surface area contributed by atoms with Gasteiger partial charge in [0.25, 0.3) is 0 Å². The maximum Gasteiger partial charge on any atom is 0.188 e. The molecule has 0 N–H and O–H groups in total. The molecule has 0 aliphatic heterocycles. The first kappa shape index (κ1) is 23.7. The van der Waals surface area contributed by atoms with Gasteiger partial charge in [-0.1, -0.05) is 52.8 Å². The summed E-state index contributed by atoms with van der Waals surface area (Å²) in [5.74, 6) is 0.989. The van der Waals surface area contributed by atoms with E-state index in [0.29, 0.717) is 8.58 Å². The molecule has 0 fully saturated rings. The minimum atomic E-state index is 0.0448. The molecule has 1 atom stereocenters. The Morgan fingerprint density at radius 2 is 1.52 bits per heavy atom. The van der Waals surface area contributed by atoms with Gasteiger partial charge in [-0.25, -0.2) is 0 Å². The van der Waals surface area contributed by atoms with Crippen LogP contribution in [0.1, 0.15) is 57.2 Å². The van der Waals surface area contributed by atoms with Crippen molar-refractivity contribution < 1.29 is 9.47 Å². The third-order valence-electron chi connectivity index (χ3n) is 5.97. The van der Waals surface area contributed by atoms with Gasteiger partial charge in [-0.05, 0) is 63.0 Å². The van der Waals surface area contributed by atoms with Gasteiger partial charge in [0, 0.05) is 36.6 Å². The summed E-state index contributed by atoms with van der Waals surface area (Å²) < 4.78 is 11.3. The summed E-state index contributed by atoms with van der Waals surface area (Å²) in [5.41, 5.74) is 5.24. The fraction of sp³-hybridized carbons (Fsp3) is 0.520. The predicted octanol–water partition coefficient (Wildman–Crippen LogP) is 6.15. The molecule has 29 heavy (non-hydrogen) atoms. The molecule has 0 aliphatic carbocycles. The topological polar surface area (TPSA) is 21.7 Å². The summed E-state index contributed by atoms with van der Waals surface area (Å²) in [6, 6.07) is 13.3. The lowest BCUT2D eigenvalue weighted by molar-refractivity contribution is 0.0494. The third-order valence-corrected chi connectivity index (χ3v) is 8.33. The molecule has 0 heterocycles. The van der Waals surface area contributed by atoms with Crippen molar-refractivity contribution in [1.82, 2.24) is 0 Å². The number of nitrogens with zero attached hydrogens (tertiary/aromatic N) is 1. The first-order valence-electron chi connectivity index (χ1n) is 10.8. The van der Waals surface area contributed by atoms with E-state index < -0.39 is 0 Å². The van der Waals surface area contributed by atoms with Gasteiger partial charge in [0.2, 0.25) is 0 Å². The molecule has 2 aromatic rings. The molecule has 4 heteroatoms. The minimum Gasteiger partial charge on any atom is -0.467 e. The second-order valence-corrected chi connectivity index (χ2v) is 9.27. The summed E-state index contributed by atoms with van der Waals surface area (Å²) in [5, 5.41) is 1.53. The largest absolute Gasteiger partial charge is 0.467 e. The number of rotatable bonds is 11. The highest BCUT2D eigenvalue weighted by Crippen LogP contribution is 2.52. The van der Waals surface area contributed by atoms with Crippen LogP contribution in [0.25, 0.3) is 0 Å². The molecule has 0 aliphatic rings. The number of ether oxygens (including phenoxy) is 2. The predicted molar refractivity (Wildman–Crippen MR) is 129 cm³/mol. The molecule has 1 unspecified atom stereocenters. The van der Waals surface area contributed by atoms with Gasteiger partial charge in [-0.15, -0.1) is 0 Å². The molecule has 3 nitrogen and oxygen atoms in total. The van der Waals surface area contributed by atoms with E-state index in [9.17, 15) is 0 Å². The van der Waals surface area contributed by atoms with E-state index in [4.69, 9.17) is 9.47 Å². The summed E-state index contributed by atoms with van der Waals surface area (Å²) in [6.45, 7) is 15.8. The summed E-state index contributed by atoms with van der Waals surface area (Å²) in [4.78, 5) is 2.48. The van der Waals surface area contributed by atoms with Gasteiger partial charge < -0.3 is 14.4 Å². The van der Waals surface area contributed by atoms with Crippen LogP contribution in [0.4, 0.5) is 5.69 Å². The number of hydrogen-bond donors (Lipinski definition) is 0. The molecule has 0 aromatic heterocycles. The average Bonchev–Trinajstić information content (AvgIpc) is 2.74. The Kier molecular flexibility index (Phi) is 8.99. The van der Waals surface area contributed by atoms with Gasteiger partial charge in [0.15, 0.2) is 6.79 Å². The normalized spacial score (nSPS) is 12.0. The zero-order chi connectivity index (χ0) is 21.4. The van der Waals surface area contributed by atoms with Gasteiger partial charge in [-0.2, -0.15) is 0 Å². The van der Waals surface area contributed by atoms with E-state index in [1.165, 1.54) is 27.7 Å². The zero-order valence-electron chi connectivity index (χ0n) is 19.3. The molecule has 160 valence electrons. The number of benzene rings is 2. The van der Waals surface area contributed by atoms with Crippen LogP contribution in [0.15, 0.2) is 36.4 Å². The van der Waals surface area contributed by atoms with E-state index in [1.54, 1.807) is 7.11 Å². The van der Waals surface area contributed by atoms with Crippen molar-refractivity contribution in [3.05, 3.63) is 53.1 Å². The van der Waals surface area contributed by atoms with E-state index in [0.717, 1.165) is 31.7 Å². The second kappa shape index (κ2) is 11.0. The van der Waals surface area contributed by atoms with Crippen LogP contribution in [0.5, 0.6) is 5.75 Å². The highest BCUT2D eigenvalue weighted by molar-refractivity contribution is 7.49. The summed E-state index contributed by atoms with van der Waals surface area (Å²) >= 11 is 0. The Hall–Kier alpha value is -1.57. The number of para-hydroxylation sites is 1. The monoisotopic (exact) mass is 415 g/mol. The SMILES string of the molecule is CCN(CC)c1cccc(C)c1PC(CC)(CC)c1cccc(C)c1OCOC. The lowest BCUT2D eigenvalue weighted by Crippen LogP contribution is -2.30. The van der Waals surface area contributed by atoms with Crippen LogP contribution in [0.3, 0.4) is 0 Å². The molecule has 0 spiro atoms. The molecular weight excluding hydrogens is 377 g/mol. The minimum absolute atomic E-state index is 0.0448. The first-order valence-corrected chi connectivity index (χ1v) is 11.8.